The predicted molar refractivity (Wildman–Crippen MR) is 81.9 cm³/mol. The Hall–Kier alpha value is -2.32. The molecule has 2 aromatic rings. The molecule has 0 radical (unpaired) electrons. The van der Waals surface area contributed by atoms with Crippen molar-refractivity contribution in [1.82, 2.24) is 0 Å². The fourth-order valence-electron chi connectivity index (χ4n) is 1.85. The Bertz CT molecular complexity index is 710. The number of benzene rings is 2. The number of thioether (sulfide) groups is 1. The number of nitriles is 1. The summed E-state index contributed by atoms with van der Waals surface area (Å²) in [7, 11) is 0. The maximum atomic E-state index is 13.1. The molecule has 106 valence electrons. The standard InChI is InChI=1S/C16H13FN2OS/c1-11-10-12(17)6-7-14(11)19-16(20)13-4-2-3-5-15(13)21-9-8-18/h2-7,10H,9H2,1H3,(H,19,20). The van der Waals surface area contributed by atoms with E-state index < -0.39 is 0 Å². The first-order chi connectivity index (χ1) is 10.1. The van der Waals surface area contributed by atoms with Gasteiger partial charge in [-0.05, 0) is 42.8 Å². The molecule has 21 heavy (non-hydrogen) atoms. The minimum Gasteiger partial charge on any atom is -0.322 e. The SMILES string of the molecule is Cc1cc(F)ccc1NC(=O)c1ccccc1SCC#N. The summed E-state index contributed by atoms with van der Waals surface area (Å²) in [5.41, 5.74) is 1.73. The second-order valence-electron chi connectivity index (χ2n) is 4.36. The molecular formula is C16H13FN2OS. The predicted octanol–water partition coefficient (Wildman–Crippen LogP) is 4.00. The molecule has 0 aliphatic heterocycles. The van der Waals surface area contributed by atoms with Crippen molar-refractivity contribution in [3.05, 3.63) is 59.4 Å². The van der Waals surface area contributed by atoms with Gasteiger partial charge in [-0.3, -0.25) is 4.79 Å². The van der Waals surface area contributed by atoms with Gasteiger partial charge in [0, 0.05) is 10.6 Å². The van der Waals surface area contributed by atoms with Crippen molar-refractivity contribution in [2.75, 3.05) is 11.1 Å². The van der Waals surface area contributed by atoms with Gasteiger partial charge in [-0.25, -0.2) is 4.39 Å². The van der Waals surface area contributed by atoms with E-state index in [9.17, 15) is 9.18 Å². The van der Waals surface area contributed by atoms with E-state index in [1.807, 2.05) is 12.1 Å². The maximum Gasteiger partial charge on any atom is 0.256 e. The second-order valence-corrected chi connectivity index (χ2v) is 5.37. The van der Waals surface area contributed by atoms with Crippen LogP contribution in [0, 0.1) is 24.1 Å². The van der Waals surface area contributed by atoms with Crippen molar-refractivity contribution in [1.29, 1.82) is 5.26 Å². The number of nitrogens with one attached hydrogen (secondary N) is 1. The van der Waals surface area contributed by atoms with Crippen LogP contribution in [0.5, 0.6) is 0 Å². The summed E-state index contributed by atoms with van der Waals surface area (Å²) in [6.07, 6.45) is 0. The summed E-state index contributed by atoms with van der Waals surface area (Å²) in [6, 6.07) is 13.3. The molecule has 0 spiro atoms. The number of carbonyl (C=O) groups is 1. The van der Waals surface area contributed by atoms with Gasteiger partial charge in [0.05, 0.1) is 17.4 Å². The van der Waals surface area contributed by atoms with Crippen LogP contribution in [0.1, 0.15) is 15.9 Å². The Morgan fingerprint density at radius 2 is 2.10 bits per heavy atom. The maximum absolute atomic E-state index is 13.1. The van der Waals surface area contributed by atoms with Gasteiger partial charge in [-0.1, -0.05) is 12.1 Å². The molecule has 0 fully saturated rings. The number of halogens is 1. The van der Waals surface area contributed by atoms with Crippen molar-refractivity contribution >= 4 is 23.4 Å². The molecule has 0 bridgehead atoms. The summed E-state index contributed by atoms with van der Waals surface area (Å²) in [5, 5.41) is 11.4. The molecule has 2 rings (SSSR count). The first-order valence-corrected chi connectivity index (χ1v) is 7.26. The average Bonchev–Trinajstić information content (AvgIpc) is 2.48. The van der Waals surface area contributed by atoms with Gasteiger partial charge in [-0.15, -0.1) is 11.8 Å². The summed E-state index contributed by atoms with van der Waals surface area (Å²) in [4.78, 5) is 13.1. The van der Waals surface area contributed by atoms with E-state index in [-0.39, 0.29) is 17.5 Å². The smallest absolute Gasteiger partial charge is 0.256 e. The van der Waals surface area contributed by atoms with Gasteiger partial charge >= 0.3 is 0 Å². The molecule has 0 atom stereocenters. The van der Waals surface area contributed by atoms with E-state index in [2.05, 4.69) is 5.32 Å². The number of anilines is 1. The highest BCUT2D eigenvalue weighted by Crippen LogP contribution is 2.24. The van der Waals surface area contributed by atoms with Gasteiger partial charge in [-0.2, -0.15) is 5.26 Å². The Balaban J connectivity index is 2.22. The van der Waals surface area contributed by atoms with Gasteiger partial charge in [0.2, 0.25) is 0 Å². The second kappa shape index (κ2) is 6.91. The zero-order valence-corrected chi connectivity index (χ0v) is 12.2. The monoisotopic (exact) mass is 300 g/mol. The third-order valence-corrected chi connectivity index (χ3v) is 3.80. The van der Waals surface area contributed by atoms with E-state index in [1.54, 1.807) is 25.1 Å². The van der Waals surface area contributed by atoms with Crippen molar-refractivity contribution < 1.29 is 9.18 Å². The van der Waals surface area contributed by atoms with Crippen molar-refractivity contribution in [3.63, 3.8) is 0 Å². The molecule has 3 nitrogen and oxygen atoms in total. The molecule has 0 saturated heterocycles. The molecule has 0 aliphatic carbocycles. The van der Waals surface area contributed by atoms with E-state index >= 15 is 0 Å². The zero-order valence-electron chi connectivity index (χ0n) is 11.4. The fraction of sp³-hybridized carbons (Fsp3) is 0.125. The lowest BCUT2D eigenvalue weighted by molar-refractivity contribution is 0.102. The summed E-state index contributed by atoms with van der Waals surface area (Å²) >= 11 is 1.31. The molecule has 0 aromatic heterocycles. The van der Waals surface area contributed by atoms with Crippen molar-refractivity contribution in [2.45, 2.75) is 11.8 Å². The largest absolute Gasteiger partial charge is 0.322 e. The number of amides is 1. The van der Waals surface area contributed by atoms with Crippen LogP contribution in [0.15, 0.2) is 47.4 Å². The molecule has 5 heteroatoms. The fourth-order valence-corrected chi connectivity index (χ4v) is 2.56. The summed E-state index contributed by atoms with van der Waals surface area (Å²) in [5.74, 6) is -0.332. The topological polar surface area (TPSA) is 52.9 Å². The summed E-state index contributed by atoms with van der Waals surface area (Å²) in [6.45, 7) is 1.73. The highest BCUT2D eigenvalue weighted by molar-refractivity contribution is 7.99. The quantitative estimate of drug-likeness (QED) is 0.868. The van der Waals surface area contributed by atoms with Gasteiger partial charge in [0.1, 0.15) is 5.82 Å². The molecule has 0 unspecified atom stereocenters. The lowest BCUT2D eigenvalue weighted by Gasteiger charge is -2.11. The number of hydrogen-bond acceptors (Lipinski definition) is 3. The first-order valence-electron chi connectivity index (χ1n) is 6.28. The van der Waals surface area contributed by atoms with Crippen LogP contribution < -0.4 is 5.32 Å². The molecule has 0 aliphatic rings. The van der Waals surface area contributed by atoms with E-state index in [0.29, 0.717) is 16.8 Å². The molecule has 1 amide bonds. The molecule has 1 N–H and O–H groups in total. The van der Waals surface area contributed by atoms with Crippen molar-refractivity contribution in [2.24, 2.45) is 0 Å². The van der Waals surface area contributed by atoms with Crippen LogP contribution in [0.4, 0.5) is 10.1 Å². The molecule has 2 aromatic carbocycles. The number of rotatable bonds is 4. The van der Waals surface area contributed by atoms with Crippen LogP contribution in [-0.4, -0.2) is 11.7 Å². The van der Waals surface area contributed by atoms with E-state index in [0.717, 1.165) is 4.90 Å². The first kappa shape index (κ1) is 15.1. The lowest BCUT2D eigenvalue weighted by Crippen LogP contribution is -2.13. The zero-order chi connectivity index (χ0) is 15.2. The normalized spacial score (nSPS) is 9.95. The third-order valence-electron chi connectivity index (χ3n) is 2.86. The van der Waals surface area contributed by atoms with Crippen LogP contribution in [0.2, 0.25) is 0 Å². The highest BCUT2D eigenvalue weighted by Gasteiger charge is 2.12. The molecule has 0 heterocycles. The molecule has 0 saturated carbocycles. The van der Waals surface area contributed by atoms with Crippen LogP contribution in [0.25, 0.3) is 0 Å². The number of nitrogens with zero attached hydrogens (tertiary/aromatic N) is 1. The lowest BCUT2D eigenvalue weighted by atomic mass is 10.1. The van der Waals surface area contributed by atoms with Gasteiger partial charge in [0.15, 0.2) is 0 Å². The van der Waals surface area contributed by atoms with Crippen molar-refractivity contribution in [3.8, 4) is 6.07 Å². The third kappa shape index (κ3) is 3.83. The highest BCUT2D eigenvalue weighted by atomic mass is 32.2. The van der Waals surface area contributed by atoms with Crippen LogP contribution in [0.3, 0.4) is 0 Å². The minimum atomic E-state index is -0.338. The van der Waals surface area contributed by atoms with Crippen LogP contribution >= 0.6 is 11.8 Å². The van der Waals surface area contributed by atoms with Gasteiger partial charge < -0.3 is 5.32 Å². The summed E-state index contributed by atoms with van der Waals surface area (Å²) < 4.78 is 13.1. The number of aryl methyl sites for hydroxylation is 1. The Morgan fingerprint density at radius 3 is 2.81 bits per heavy atom. The average molecular weight is 300 g/mol. The van der Waals surface area contributed by atoms with E-state index in [1.165, 1.54) is 30.0 Å². The molecular weight excluding hydrogens is 287 g/mol. The minimum absolute atomic E-state index is 0.272. The Labute approximate surface area is 126 Å². The van der Waals surface area contributed by atoms with Crippen LogP contribution in [-0.2, 0) is 0 Å². The number of hydrogen-bond donors (Lipinski definition) is 1. The Morgan fingerprint density at radius 1 is 1.33 bits per heavy atom. The van der Waals surface area contributed by atoms with Gasteiger partial charge in [0.25, 0.3) is 5.91 Å². The number of carbonyl (C=O) groups excluding carboxylic acids is 1. The van der Waals surface area contributed by atoms with E-state index in [4.69, 9.17) is 5.26 Å². The Kier molecular flexibility index (Phi) is 4.96.